The van der Waals surface area contributed by atoms with Crippen LogP contribution in [0.3, 0.4) is 0 Å². The van der Waals surface area contributed by atoms with Crippen molar-refractivity contribution in [3.8, 4) is 17.2 Å². The lowest BCUT2D eigenvalue weighted by Crippen LogP contribution is -2.06. The van der Waals surface area contributed by atoms with Crippen molar-refractivity contribution in [3.05, 3.63) is 63.2 Å². The largest absolute Gasteiger partial charge is 0.390 e. The van der Waals surface area contributed by atoms with Gasteiger partial charge in [0.15, 0.2) is 0 Å². The average Bonchev–Trinajstić information content (AvgIpc) is 3.48. The number of unbranched alkanes of at least 4 members (excludes halogenated alkanes) is 1. The van der Waals surface area contributed by atoms with Crippen LogP contribution in [0.1, 0.15) is 36.8 Å². The zero-order valence-electron chi connectivity index (χ0n) is 16.4. The SMILES string of the molecule is CCCCc1nc(CO)c(Cl)n1Cc1ccc(-n2c(Br)ccc2-c2nn[nH]n2)cc1. The highest BCUT2D eigenvalue weighted by Gasteiger charge is 2.16. The summed E-state index contributed by atoms with van der Waals surface area (Å²) in [5, 5.41) is 24.3. The van der Waals surface area contributed by atoms with Crippen LogP contribution >= 0.6 is 27.5 Å². The molecule has 0 amide bonds. The van der Waals surface area contributed by atoms with Gasteiger partial charge in [0.25, 0.3) is 0 Å². The second kappa shape index (κ2) is 9.11. The van der Waals surface area contributed by atoms with E-state index in [9.17, 15) is 5.11 Å². The molecule has 0 saturated heterocycles. The van der Waals surface area contributed by atoms with Gasteiger partial charge in [0.1, 0.15) is 16.7 Å². The smallest absolute Gasteiger partial charge is 0.221 e. The van der Waals surface area contributed by atoms with E-state index in [1.807, 2.05) is 33.4 Å². The molecule has 4 rings (SSSR count). The van der Waals surface area contributed by atoms with E-state index in [4.69, 9.17) is 11.6 Å². The van der Waals surface area contributed by atoms with Gasteiger partial charge < -0.3 is 14.2 Å². The molecule has 30 heavy (non-hydrogen) atoms. The van der Waals surface area contributed by atoms with Crippen molar-refractivity contribution in [1.29, 1.82) is 0 Å². The standard InChI is InChI=1S/C20H21BrClN7O/c1-2-3-4-18-23-15(12-30)19(22)28(18)11-13-5-7-14(8-6-13)29-16(9-10-17(29)21)20-24-26-27-25-20/h5-10,30H,2-4,11-12H2,1H3,(H,24,25,26,27). The summed E-state index contributed by atoms with van der Waals surface area (Å²) < 4.78 is 4.88. The Morgan fingerprint density at radius 3 is 2.63 bits per heavy atom. The molecule has 3 aromatic heterocycles. The number of H-pyrrole nitrogens is 1. The van der Waals surface area contributed by atoms with Gasteiger partial charge in [0.2, 0.25) is 5.82 Å². The Balaban J connectivity index is 1.62. The number of aromatic nitrogens is 7. The van der Waals surface area contributed by atoms with Crippen molar-refractivity contribution < 1.29 is 5.11 Å². The number of benzene rings is 1. The van der Waals surface area contributed by atoms with Gasteiger partial charge in [-0.1, -0.05) is 37.1 Å². The highest BCUT2D eigenvalue weighted by molar-refractivity contribution is 9.10. The molecule has 1 aromatic carbocycles. The second-order valence-corrected chi connectivity index (χ2v) is 8.06. The fourth-order valence-corrected chi connectivity index (χ4v) is 4.16. The number of tetrazole rings is 1. The van der Waals surface area contributed by atoms with Crippen LogP contribution in [-0.2, 0) is 19.6 Å². The van der Waals surface area contributed by atoms with Gasteiger partial charge in [-0.05, 0) is 57.4 Å². The molecule has 10 heteroatoms. The average molecular weight is 491 g/mol. The fraction of sp³-hybridized carbons (Fsp3) is 0.300. The number of nitrogens with zero attached hydrogens (tertiary/aromatic N) is 6. The monoisotopic (exact) mass is 489 g/mol. The summed E-state index contributed by atoms with van der Waals surface area (Å²) in [5.41, 5.74) is 3.41. The van der Waals surface area contributed by atoms with Crippen molar-refractivity contribution in [2.24, 2.45) is 0 Å². The molecule has 0 bridgehead atoms. The number of hydrogen-bond acceptors (Lipinski definition) is 5. The lowest BCUT2D eigenvalue weighted by molar-refractivity contribution is 0.277. The van der Waals surface area contributed by atoms with Crippen LogP contribution in [0.2, 0.25) is 5.15 Å². The van der Waals surface area contributed by atoms with Crippen LogP contribution in [0.25, 0.3) is 17.2 Å². The van der Waals surface area contributed by atoms with Crippen molar-refractivity contribution in [2.75, 3.05) is 0 Å². The summed E-state index contributed by atoms with van der Waals surface area (Å²) in [6, 6.07) is 12.1. The topological polar surface area (TPSA) is 97.4 Å². The van der Waals surface area contributed by atoms with Crippen LogP contribution in [0.5, 0.6) is 0 Å². The third kappa shape index (κ3) is 4.05. The third-order valence-electron chi connectivity index (χ3n) is 4.90. The van der Waals surface area contributed by atoms with Crippen LogP contribution in [0.4, 0.5) is 0 Å². The van der Waals surface area contributed by atoms with Crippen LogP contribution in [0.15, 0.2) is 41.0 Å². The first-order valence-electron chi connectivity index (χ1n) is 9.67. The van der Waals surface area contributed by atoms with Gasteiger partial charge in [-0.15, -0.1) is 10.2 Å². The molecule has 0 fully saturated rings. The molecule has 0 spiro atoms. The van der Waals surface area contributed by atoms with Gasteiger partial charge in [-0.2, -0.15) is 5.21 Å². The molecule has 0 aliphatic rings. The summed E-state index contributed by atoms with van der Waals surface area (Å²) in [6.45, 7) is 2.57. The van der Waals surface area contributed by atoms with E-state index in [1.54, 1.807) is 0 Å². The number of hydrogen-bond donors (Lipinski definition) is 2. The Morgan fingerprint density at radius 2 is 1.97 bits per heavy atom. The normalized spacial score (nSPS) is 11.3. The van der Waals surface area contributed by atoms with Gasteiger partial charge in [0.05, 0.1) is 23.4 Å². The van der Waals surface area contributed by atoms with Gasteiger partial charge in [0, 0.05) is 12.1 Å². The molecule has 0 radical (unpaired) electrons. The maximum Gasteiger partial charge on any atom is 0.221 e. The molecule has 0 saturated carbocycles. The highest BCUT2D eigenvalue weighted by atomic mass is 79.9. The lowest BCUT2D eigenvalue weighted by Gasteiger charge is -2.12. The van der Waals surface area contributed by atoms with Gasteiger partial charge >= 0.3 is 0 Å². The number of aliphatic hydroxyl groups is 1. The summed E-state index contributed by atoms with van der Waals surface area (Å²) in [6.07, 6.45) is 2.93. The summed E-state index contributed by atoms with van der Waals surface area (Å²) in [4.78, 5) is 4.52. The van der Waals surface area contributed by atoms with Gasteiger partial charge in [-0.3, -0.25) is 0 Å². The number of rotatable bonds is 8. The minimum absolute atomic E-state index is 0.162. The lowest BCUT2D eigenvalue weighted by atomic mass is 10.2. The van der Waals surface area contributed by atoms with E-state index < -0.39 is 0 Å². The van der Waals surface area contributed by atoms with Crippen molar-refractivity contribution in [1.82, 2.24) is 34.7 Å². The molecule has 3 heterocycles. The minimum atomic E-state index is -0.162. The predicted octanol–water partition coefficient (Wildman–Crippen LogP) is 4.15. The number of imidazole rings is 1. The maximum absolute atomic E-state index is 9.54. The zero-order valence-corrected chi connectivity index (χ0v) is 18.7. The fourth-order valence-electron chi connectivity index (χ4n) is 3.37. The molecular weight excluding hydrogens is 470 g/mol. The quantitative estimate of drug-likeness (QED) is 0.387. The molecule has 0 unspecified atom stereocenters. The number of aliphatic hydroxyl groups excluding tert-OH is 1. The van der Waals surface area contributed by atoms with E-state index in [0.717, 1.165) is 46.6 Å². The Kier molecular flexibility index (Phi) is 6.31. The minimum Gasteiger partial charge on any atom is -0.390 e. The highest BCUT2D eigenvalue weighted by Crippen LogP contribution is 2.28. The Morgan fingerprint density at radius 1 is 1.17 bits per heavy atom. The van der Waals surface area contributed by atoms with E-state index >= 15 is 0 Å². The summed E-state index contributed by atoms with van der Waals surface area (Å²) in [7, 11) is 0. The predicted molar refractivity (Wildman–Crippen MR) is 118 cm³/mol. The maximum atomic E-state index is 9.54. The number of halogens is 2. The molecule has 8 nitrogen and oxygen atoms in total. The number of aryl methyl sites for hydroxylation is 1. The molecule has 0 aliphatic heterocycles. The van der Waals surface area contributed by atoms with E-state index in [0.29, 0.717) is 23.2 Å². The van der Waals surface area contributed by atoms with E-state index in [1.165, 1.54) is 0 Å². The van der Waals surface area contributed by atoms with Crippen LogP contribution in [-0.4, -0.2) is 39.8 Å². The van der Waals surface area contributed by atoms with Gasteiger partial charge in [-0.25, -0.2) is 4.98 Å². The first kappa shape index (κ1) is 20.8. The molecular formula is C20H21BrClN7O. The Hall–Kier alpha value is -2.49. The van der Waals surface area contributed by atoms with E-state index in [-0.39, 0.29) is 6.61 Å². The summed E-state index contributed by atoms with van der Waals surface area (Å²) in [5.74, 6) is 1.43. The van der Waals surface area contributed by atoms with Crippen LogP contribution < -0.4 is 0 Å². The molecule has 0 atom stereocenters. The second-order valence-electron chi connectivity index (χ2n) is 6.89. The third-order valence-corrected chi connectivity index (χ3v) is 5.94. The molecule has 0 aliphatic carbocycles. The molecule has 2 N–H and O–H groups in total. The van der Waals surface area contributed by atoms with Crippen LogP contribution in [0, 0.1) is 0 Å². The van der Waals surface area contributed by atoms with Crippen molar-refractivity contribution in [2.45, 2.75) is 39.3 Å². The first-order valence-corrected chi connectivity index (χ1v) is 10.8. The van der Waals surface area contributed by atoms with Crippen molar-refractivity contribution in [3.63, 3.8) is 0 Å². The Bertz CT molecular complexity index is 1120. The zero-order chi connectivity index (χ0) is 21.1. The summed E-state index contributed by atoms with van der Waals surface area (Å²) >= 11 is 10.1. The number of aromatic amines is 1. The van der Waals surface area contributed by atoms with Crippen molar-refractivity contribution >= 4 is 27.5 Å². The molecule has 4 aromatic rings. The number of nitrogens with one attached hydrogen (secondary N) is 1. The van der Waals surface area contributed by atoms with E-state index in [2.05, 4.69) is 60.6 Å². The Labute approximate surface area is 187 Å². The molecule has 156 valence electrons. The first-order chi connectivity index (χ1) is 14.6.